The number of carboxylic acids is 1. The normalized spacial score (nSPS) is 12.1. The molecule has 1 unspecified atom stereocenters. The number of aliphatic carboxylic acids is 1. The van der Waals surface area contributed by atoms with Crippen molar-refractivity contribution in [1.82, 2.24) is 14.9 Å². The molecule has 0 radical (unpaired) electrons. The number of aliphatic hydroxyl groups excluding tert-OH is 1. The summed E-state index contributed by atoms with van der Waals surface area (Å²) in [5, 5.41) is 23.4. The average molecular weight is 245 g/mol. The van der Waals surface area contributed by atoms with Crippen molar-refractivity contribution in [2.75, 3.05) is 6.61 Å². The summed E-state index contributed by atoms with van der Waals surface area (Å²) in [6, 6.07) is -1.10. The third-order valence-electron chi connectivity index (χ3n) is 1.88. The number of nitrogens with one attached hydrogen (secondary N) is 1. The van der Waals surface area contributed by atoms with E-state index in [0.717, 1.165) is 11.5 Å². The van der Waals surface area contributed by atoms with Gasteiger partial charge in [-0.15, -0.1) is 5.10 Å². The van der Waals surface area contributed by atoms with Gasteiger partial charge in [-0.25, -0.2) is 4.79 Å². The zero-order valence-electron chi connectivity index (χ0n) is 8.51. The molecule has 7 nitrogen and oxygen atoms in total. The van der Waals surface area contributed by atoms with Crippen LogP contribution in [0.2, 0.25) is 0 Å². The Kier molecular flexibility index (Phi) is 4.32. The smallest absolute Gasteiger partial charge is 0.326 e. The molecule has 16 heavy (non-hydrogen) atoms. The van der Waals surface area contributed by atoms with Gasteiger partial charge in [0.1, 0.15) is 10.9 Å². The maximum absolute atomic E-state index is 11.6. The van der Waals surface area contributed by atoms with E-state index in [1.54, 1.807) is 6.92 Å². The van der Waals surface area contributed by atoms with Gasteiger partial charge in [-0.2, -0.15) is 0 Å². The molecule has 1 amide bonds. The molecule has 0 aromatic carbocycles. The van der Waals surface area contributed by atoms with E-state index in [1.165, 1.54) is 0 Å². The number of aliphatic hydroxyl groups is 1. The van der Waals surface area contributed by atoms with Gasteiger partial charge in [0.25, 0.3) is 5.91 Å². The molecule has 88 valence electrons. The van der Waals surface area contributed by atoms with Crippen LogP contribution in [0.4, 0.5) is 0 Å². The monoisotopic (exact) mass is 245 g/mol. The van der Waals surface area contributed by atoms with E-state index in [-0.39, 0.29) is 17.9 Å². The quantitative estimate of drug-likeness (QED) is 0.639. The summed E-state index contributed by atoms with van der Waals surface area (Å²) in [6.45, 7) is 1.30. The number of carbonyl (C=O) groups is 2. The predicted octanol–water partition coefficient (Wildman–Crippen LogP) is -0.588. The Bertz CT molecular complexity index is 392. The van der Waals surface area contributed by atoms with Gasteiger partial charge < -0.3 is 15.5 Å². The van der Waals surface area contributed by atoms with Crippen molar-refractivity contribution in [3.05, 3.63) is 10.6 Å². The molecule has 1 aromatic heterocycles. The van der Waals surface area contributed by atoms with Gasteiger partial charge in [-0.1, -0.05) is 4.49 Å². The lowest BCUT2D eigenvalue weighted by molar-refractivity contribution is -0.139. The van der Waals surface area contributed by atoms with Gasteiger partial charge in [-0.3, -0.25) is 4.79 Å². The Hall–Kier alpha value is -1.54. The molecule has 0 saturated carbocycles. The number of aromatic nitrogens is 2. The van der Waals surface area contributed by atoms with Crippen molar-refractivity contribution in [3.8, 4) is 0 Å². The number of nitrogens with zero attached hydrogens (tertiary/aromatic N) is 2. The highest BCUT2D eigenvalue weighted by molar-refractivity contribution is 7.08. The number of amides is 1. The van der Waals surface area contributed by atoms with Crippen LogP contribution in [0.25, 0.3) is 0 Å². The summed E-state index contributed by atoms with van der Waals surface area (Å²) in [5.74, 6) is -1.72. The molecule has 0 fully saturated rings. The minimum Gasteiger partial charge on any atom is -0.480 e. The first kappa shape index (κ1) is 12.5. The van der Waals surface area contributed by atoms with Crippen LogP contribution in [-0.4, -0.2) is 44.3 Å². The standard InChI is InChI=1S/C8H11N3O4S/c1-4-6(16-11-10-4)7(13)9-5(2-3-12)8(14)15/h5,12H,2-3H2,1H3,(H,9,13)(H,14,15). The SMILES string of the molecule is Cc1nnsc1C(=O)NC(CCO)C(=O)O. The van der Waals surface area contributed by atoms with Crippen LogP contribution in [0.15, 0.2) is 0 Å². The van der Waals surface area contributed by atoms with E-state index in [2.05, 4.69) is 14.9 Å². The lowest BCUT2D eigenvalue weighted by Crippen LogP contribution is -2.41. The van der Waals surface area contributed by atoms with Crippen molar-refractivity contribution < 1.29 is 19.8 Å². The Morgan fingerprint density at radius 1 is 1.56 bits per heavy atom. The Morgan fingerprint density at radius 3 is 2.69 bits per heavy atom. The van der Waals surface area contributed by atoms with Crippen molar-refractivity contribution in [2.45, 2.75) is 19.4 Å². The molecule has 1 atom stereocenters. The highest BCUT2D eigenvalue weighted by Crippen LogP contribution is 2.09. The van der Waals surface area contributed by atoms with E-state index in [9.17, 15) is 9.59 Å². The lowest BCUT2D eigenvalue weighted by Gasteiger charge is -2.11. The van der Waals surface area contributed by atoms with Crippen molar-refractivity contribution in [1.29, 1.82) is 0 Å². The van der Waals surface area contributed by atoms with E-state index >= 15 is 0 Å². The Balaban J connectivity index is 2.69. The Morgan fingerprint density at radius 2 is 2.25 bits per heavy atom. The van der Waals surface area contributed by atoms with Crippen LogP contribution in [0.5, 0.6) is 0 Å². The highest BCUT2D eigenvalue weighted by atomic mass is 32.1. The number of aryl methyl sites for hydroxylation is 1. The first-order chi connectivity index (χ1) is 7.56. The molecule has 1 rings (SSSR count). The molecule has 0 aliphatic rings. The maximum Gasteiger partial charge on any atom is 0.326 e. The molecule has 0 aliphatic heterocycles. The van der Waals surface area contributed by atoms with E-state index in [4.69, 9.17) is 10.2 Å². The van der Waals surface area contributed by atoms with Gasteiger partial charge >= 0.3 is 5.97 Å². The molecule has 3 N–H and O–H groups in total. The lowest BCUT2D eigenvalue weighted by atomic mass is 10.2. The van der Waals surface area contributed by atoms with Gasteiger partial charge in [0.15, 0.2) is 0 Å². The fourth-order valence-electron chi connectivity index (χ4n) is 1.05. The average Bonchev–Trinajstić information content (AvgIpc) is 2.63. The summed E-state index contributed by atoms with van der Waals surface area (Å²) in [4.78, 5) is 22.6. The summed E-state index contributed by atoms with van der Waals surface area (Å²) < 4.78 is 3.57. The molecule has 0 bridgehead atoms. The van der Waals surface area contributed by atoms with E-state index in [0.29, 0.717) is 5.69 Å². The molecule has 0 spiro atoms. The third kappa shape index (κ3) is 2.97. The van der Waals surface area contributed by atoms with Crippen LogP contribution in [0.3, 0.4) is 0 Å². The van der Waals surface area contributed by atoms with Crippen molar-refractivity contribution in [2.24, 2.45) is 0 Å². The molecule has 0 saturated heterocycles. The fourth-order valence-corrected chi connectivity index (χ4v) is 1.61. The minimum atomic E-state index is -1.18. The van der Waals surface area contributed by atoms with Gasteiger partial charge in [0, 0.05) is 13.0 Å². The second-order valence-corrected chi connectivity index (χ2v) is 3.82. The van der Waals surface area contributed by atoms with Crippen molar-refractivity contribution in [3.63, 3.8) is 0 Å². The van der Waals surface area contributed by atoms with Gasteiger partial charge in [0.05, 0.1) is 5.69 Å². The second kappa shape index (κ2) is 5.52. The minimum absolute atomic E-state index is 0.0354. The molecular weight excluding hydrogens is 234 g/mol. The third-order valence-corrected chi connectivity index (χ3v) is 2.71. The Labute approximate surface area is 95.3 Å². The van der Waals surface area contributed by atoms with Crippen LogP contribution >= 0.6 is 11.5 Å². The van der Waals surface area contributed by atoms with Crippen LogP contribution in [-0.2, 0) is 4.79 Å². The molecule has 1 aromatic rings. The van der Waals surface area contributed by atoms with Crippen molar-refractivity contribution >= 4 is 23.4 Å². The fraction of sp³-hybridized carbons (Fsp3) is 0.500. The zero-order valence-corrected chi connectivity index (χ0v) is 9.32. The summed E-state index contributed by atoms with van der Waals surface area (Å²) in [6.07, 6.45) is -0.0354. The maximum atomic E-state index is 11.6. The zero-order chi connectivity index (χ0) is 12.1. The topological polar surface area (TPSA) is 112 Å². The summed E-state index contributed by atoms with van der Waals surface area (Å²) >= 11 is 0.901. The van der Waals surface area contributed by atoms with E-state index in [1.807, 2.05) is 0 Å². The molecule has 1 heterocycles. The van der Waals surface area contributed by atoms with Crippen LogP contribution in [0.1, 0.15) is 21.8 Å². The first-order valence-corrected chi connectivity index (χ1v) is 5.27. The number of hydrogen-bond acceptors (Lipinski definition) is 6. The molecule has 8 heteroatoms. The number of hydrogen-bond donors (Lipinski definition) is 3. The van der Waals surface area contributed by atoms with Crippen LogP contribution < -0.4 is 5.32 Å². The number of carbonyl (C=O) groups excluding carboxylic acids is 1. The van der Waals surface area contributed by atoms with E-state index < -0.39 is 17.9 Å². The first-order valence-electron chi connectivity index (χ1n) is 4.49. The van der Waals surface area contributed by atoms with Crippen LogP contribution in [0, 0.1) is 6.92 Å². The highest BCUT2D eigenvalue weighted by Gasteiger charge is 2.22. The second-order valence-electron chi connectivity index (χ2n) is 3.06. The number of carboxylic acid groups (broad SMARTS) is 1. The summed E-state index contributed by atoms with van der Waals surface area (Å²) in [5.41, 5.74) is 0.454. The van der Waals surface area contributed by atoms with Gasteiger partial charge in [0.2, 0.25) is 0 Å². The largest absolute Gasteiger partial charge is 0.480 e. The predicted molar refractivity (Wildman–Crippen MR) is 55.2 cm³/mol. The summed E-state index contributed by atoms with van der Waals surface area (Å²) in [7, 11) is 0. The molecule has 0 aliphatic carbocycles. The van der Waals surface area contributed by atoms with Gasteiger partial charge in [-0.05, 0) is 18.5 Å². The molecular formula is C8H11N3O4S. The number of rotatable bonds is 5.